The van der Waals surface area contributed by atoms with Crippen LogP contribution in [0.5, 0.6) is 0 Å². The lowest BCUT2D eigenvalue weighted by Gasteiger charge is -2.19. The Morgan fingerprint density at radius 3 is 2.65 bits per heavy atom. The molecule has 2 aromatic rings. The fourth-order valence-corrected chi connectivity index (χ4v) is 2.75. The van der Waals surface area contributed by atoms with Crippen LogP contribution >= 0.6 is 15.9 Å². The monoisotopic (exact) mass is 335 g/mol. The molecule has 1 unspecified atom stereocenters. The predicted octanol–water partition coefficient (Wildman–Crippen LogP) is 5.00. The van der Waals surface area contributed by atoms with E-state index >= 15 is 0 Å². The lowest BCUT2D eigenvalue weighted by Crippen LogP contribution is -2.23. The largest absolute Gasteiger partial charge is 0.464 e. The SMILES string of the molecule is CCCNC(c1ccc(CC)o1)c1cc(C)ccc1Br. The van der Waals surface area contributed by atoms with E-state index in [1.54, 1.807) is 0 Å². The second-order valence-corrected chi connectivity index (χ2v) is 5.92. The van der Waals surface area contributed by atoms with E-state index in [9.17, 15) is 0 Å². The van der Waals surface area contributed by atoms with Gasteiger partial charge >= 0.3 is 0 Å². The van der Waals surface area contributed by atoms with Gasteiger partial charge in [0.1, 0.15) is 11.5 Å². The molecule has 1 N–H and O–H groups in total. The summed E-state index contributed by atoms with van der Waals surface area (Å²) in [5.41, 5.74) is 2.49. The minimum Gasteiger partial charge on any atom is -0.464 e. The smallest absolute Gasteiger partial charge is 0.125 e. The highest BCUT2D eigenvalue weighted by atomic mass is 79.9. The molecule has 0 aliphatic rings. The topological polar surface area (TPSA) is 25.2 Å². The summed E-state index contributed by atoms with van der Waals surface area (Å²) in [5, 5.41) is 3.58. The molecule has 0 fully saturated rings. The van der Waals surface area contributed by atoms with E-state index < -0.39 is 0 Å². The molecule has 20 heavy (non-hydrogen) atoms. The highest BCUT2D eigenvalue weighted by Gasteiger charge is 2.19. The fraction of sp³-hybridized carbons (Fsp3) is 0.412. The van der Waals surface area contributed by atoms with Crippen LogP contribution in [0.2, 0.25) is 0 Å². The number of nitrogens with one attached hydrogen (secondary N) is 1. The van der Waals surface area contributed by atoms with Gasteiger partial charge < -0.3 is 9.73 Å². The molecule has 1 atom stereocenters. The lowest BCUT2D eigenvalue weighted by atomic mass is 10.0. The van der Waals surface area contributed by atoms with E-state index in [0.717, 1.165) is 35.4 Å². The third-order valence-corrected chi connectivity index (χ3v) is 4.10. The van der Waals surface area contributed by atoms with Crippen LogP contribution in [-0.4, -0.2) is 6.54 Å². The number of hydrogen-bond acceptors (Lipinski definition) is 2. The second kappa shape index (κ2) is 7.09. The molecule has 1 heterocycles. The van der Waals surface area contributed by atoms with Crippen LogP contribution in [0, 0.1) is 6.92 Å². The van der Waals surface area contributed by atoms with Gasteiger partial charge in [0.2, 0.25) is 0 Å². The zero-order chi connectivity index (χ0) is 14.5. The first-order valence-corrected chi connectivity index (χ1v) is 8.03. The van der Waals surface area contributed by atoms with E-state index in [1.807, 2.05) is 0 Å². The van der Waals surface area contributed by atoms with Gasteiger partial charge in [0.15, 0.2) is 0 Å². The van der Waals surface area contributed by atoms with E-state index in [1.165, 1.54) is 11.1 Å². The first-order valence-electron chi connectivity index (χ1n) is 7.23. The highest BCUT2D eigenvalue weighted by molar-refractivity contribution is 9.10. The van der Waals surface area contributed by atoms with Gasteiger partial charge in [-0.1, -0.05) is 47.5 Å². The van der Waals surface area contributed by atoms with Crippen LogP contribution in [0.3, 0.4) is 0 Å². The fourth-order valence-electron chi connectivity index (χ4n) is 2.28. The van der Waals surface area contributed by atoms with Crippen molar-refractivity contribution in [2.24, 2.45) is 0 Å². The molecule has 0 amide bonds. The van der Waals surface area contributed by atoms with Gasteiger partial charge in [0.25, 0.3) is 0 Å². The van der Waals surface area contributed by atoms with Crippen LogP contribution in [0.1, 0.15) is 49.0 Å². The summed E-state index contributed by atoms with van der Waals surface area (Å²) in [5.74, 6) is 2.02. The molecule has 1 aromatic heterocycles. The number of hydrogen-bond donors (Lipinski definition) is 1. The van der Waals surface area contributed by atoms with Crippen molar-refractivity contribution in [3.8, 4) is 0 Å². The Kier molecular flexibility index (Phi) is 5.44. The van der Waals surface area contributed by atoms with Crippen molar-refractivity contribution in [3.63, 3.8) is 0 Å². The Morgan fingerprint density at radius 2 is 2.00 bits per heavy atom. The molecule has 0 bridgehead atoms. The molecular weight excluding hydrogens is 314 g/mol. The van der Waals surface area contributed by atoms with E-state index in [4.69, 9.17) is 4.42 Å². The van der Waals surface area contributed by atoms with E-state index in [0.29, 0.717) is 0 Å². The quantitative estimate of drug-likeness (QED) is 0.803. The average molecular weight is 336 g/mol. The number of aryl methyl sites for hydroxylation is 2. The van der Waals surface area contributed by atoms with E-state index in [2.05, 4.69) is 72.3 Å². The zero-order valence-electron chi connectivity index (χ0n) is 12.4. The van der Waals surface area contributed by atoms with Crippen LogP contribution in [-0.2, 0) is 6.42 Å². The number of rotatable bonds is 6. The first kappa shape index (κ1) is 15.3. The first-order chi connectivity index (χ1) is 9.65. The summed E-state index contributed by atoms with van der Waals surface area (Å²) < 4.78 is 7.07. The predicted molar refractivity (Wildman–Crippen MR) is 87.1 cm³/mol. The highest BCUT2D eigenvalue weighted by Crippen LogP contribution is 2.30. The standard InChI is InChI=1S/C17H22BrNO/c1-4-10-19-17(16-9-7-13(5-2)20-16)14-11-12(3)6-8-15(14)18/h6-9,11,17,19H,4-5,10H2,1-3H3. The minimum atomic E-state index is 0.101. The van der Waals surface area contributed by atoms with Crippen molar-refractivity contribution in [2.75, 3.05) is 6.54 Å². The normalized spacial score (nSPS) is 12.6. The molecule has 0 radical (unpaired) electrons. The summed E-state index contributed by atoms with van der Waals surface area (Å²) in [4.78, 5) is 0. The maximum atomic E-state index is 5.96. The van der Waals surface area contributed by atoms with Gasteiger partial charge in [-0.05, 0) is 43.7 Å². The molecule has 0 aliphatic carbocycles. The molecular formula is C17H22BrNO. The molecule has 0 spiro atoms. The van der Waals surface area contributed by atoms with Gasteiger partial charge in [0, 0.05) is 10.9 Å². The number of halogens is 1. The lowest BCUT2D eigenvalue weighted by molar-refractivity contribution is 0.421. The van der Waals surface area contributed by atoms with Crippen LogP contribution in [0.15, 0.2) is 39.2 Å². The Hall–Kier alpha value is -1.06. The van der Waals surface area contributed by atoms with Crippen molar-refractivity contribution in [2.45, 2.75) is 39.7 Å². The van der Waals surface area contributed by atoms with Crippen LogP contribution in [0.25, 0.3) is 0 Å². The van der Waals surface area contributed by atoms with E-state index in [-0.39, 0.29) is 6.04 Å². The van der Waals surface area contributed by atoms with Gasteiger partial charge in [0.05, 0.1) is 6.04 Å². The summed E-state index contributed by atoms with van der Waals surface area (Å²) in [7, 11) is 0. The molecule has 0 saturated carbocycles. The molecule has 0 saturated heterocycles. The maximum Gasteiger partial charge on any atom is 0.125 e. The van der Waals surface area contributed by atoms with Crippen LogP contribution < -0.4 is 5.32 Å². The Labute approximate surface area is 129 Å². The average Bonchev–Trinajstić information content (AvgIpc) is 2.92. The van der Waals surface area contributed by atoms with Crippen molar-refractivity contribution >= 4 is 15.9 Å². The molecule has 0 aliphatic heterocycles. The summed E-state index contributed by atoms with van der Waals surface area (Å²) in [6.45, 7) is 7.37. The summed E-state index contributed by atoms with van der Waals surface area (Å²) >= 11 is 3.66. The molecule has 1 aromatic carbocycles. The van der Waals surface area contributed by atoms with Gasteiger partial charge in [-0.2, -0.15) is 0 Å². The molecule has 108 valence electrons. The Bertz CT molecular complexity index is 562. The van der Waals surface area contributed by atoms with Crippen molar-refractivity contribution in [3.05, 3.63) is 57.5 Å². The molecule has 3 heteroatoms. The summed E-state index contributed by atoms with van der Waals surface area (Å²) in [6, 6.07) is 10.7. The Morgan fingerprint density at radius 1 is 1.20 bits per heavy atom. The minimum absolute atomic E-state index is 0.101. The zero-order valence-corrected chi connectivity index (χ0v) is 14.0. The molecule has 2 nitrogen and oxygen atoms in total. The van der Waals surface area contributed by atoms with Crippen LogP contribution in [0.4, 0.5) is 0 Å². The number of benzene rings is 1. The molecule has 2 rings (SSSR count). The number of furan rings is 1. The third-order valence-electron chi connectivity index (χ3n) is 3.38. The van der Waals surface area contributed by atoms with Gasteiger partial charge in [-0.15, -0.1) is 0 Å². The van der Waals surface area contributed by atoms with Crippen molar-refractivity contribution in [1.29, 1.82) is 0 Å². The van der Waals surface area contributed by atoms with Crippen molar-refractivity contribution in [1.82, 2.24) is 5.32 Å². The Balaban J connectivity index is 2.38. The van der Waals surface area contributed by atoms with Gasteiger partial charge in [-0.25, -0.2) is 0 Å². The third kappa shape index (κ3) is 3.53. The maximum absolute atomic E-state index is 5.96. The summed E-state index contributed by atoms with van der Waals surface area (Å²) in [6.07, 6.45) is 2.02. The van der Waals surface area contributed by atoms with Gasteiger partial charge in [-0.3, -0.25) is 0 Å². The second-order valence-electron chi connectivity index (χ2n) is 5.07. The van der Waals surface area contributed by atoms with Crippen molar-refractivity contribution < 1.29 is 4.42 Å².